The van der Waals surface area contributed by atoms with Gasteiger partial charge in [-0.1, -0.05) is 39.0 Å². The first-order valence-corrected chi connectivity index (χ1v) is 5.26. The van der Waals surface area contributed by atoms with Gasteiger partial charge >= 0.3 is 0 Å². The van der Waals surface area contributed by atoms with Crippen LogP contribution in [0.3, 0.4) is 0 Å². The molecular weight excluding hydrogens is 166 g/mol. The van der Waals surface area contributed by atoms with E-state index in [0.29, 0.717) is 6.42 Å². The molecule has 0 rings (SSSR count). The monoisotopic (exact) mass is 189 g/mol. The summed E-state index contributed by atoms with van der Waals surface area (Å²) >= 11 is 0. The van der Waals surface area contributed by atoms with E-state index < -0.39 is 12.1 Å². The first-order valence-electron chi connectivity index (χ1n) is 5.26. The molecule has 2 atom stereocenters. The Bertz CT molecular complexity index is 109. The summed E-state index contributed by atoms with van der Waals surface area (Å²) in [7, 11) is 0. The highest BCUT2D eigenvalue weighted by molar-refractivity contribution is 4.70. The zero-order valence-electron chi connectivity index (χ0n) is 8.58. The fourth-order valence-electron chi connectivity index (χ4n) is 1.29. The third-order valence-corrected chi connectivity index (χ3v) is 2.31. The average molecular weight is 189 g/mol. The van der Waals surface area contributed by atoms with Crippen molar-refractivity contribution >= 4 is 0 Å². The van der Waals surface area contributed by atoms with E-state index in [1.165, 1.54) is 19.3 Å². The van der Waals surface area contributed by atoms with Gasteiger partial charge in [0.15, 0.2) is 0 Å². The molecule has 0 fully saturated rings. The highest BCUT2D eigenvalue weighted by atomic mass is 16.3. The van der Waals surface area contributed by atoms with E-state index in [1.807, 2.05) is 0 Å². The summed E-state index contributed by atoms with van der Waals surface area (Å²) in [6.07, 6.45) is 6.08. The van der Waals surface area contributed by atoms with Crippen LogP contribution in [0.4, 0.5) is 0 Å². The Morgan fingerprint density at radius 1 is 1.15 bits per heavy atom. The molecule has 0 aromatic carbocycles. The molecule has 0 saturated heterocycles. The van der Waals surface area contributed by atoms with Gasteiger partial charge in [0.2, 0.25) is 0 Å². The summed E-state index contributed by atoms with van der Waals surface area (Å²) < 4.78 is 0. The van der Waals surface area contributed by atoms with Crippen LogP contribution in [0.2, 0.25) is 0 Å². The van der Waals surface area contributed by atoms with Gasteiger partial charge in [-0.15, -0.1) is 0 Å². The Hall–Kier alpha value is -0.120. The van der Waals surface area contributed by atoms with E-state index in [0.717, 1.165) is 12.8 Å². The summed E-state index contributed by atoms with van der Waals surface area (Å²) in [4.78, 5) is 0. The van der Waals surface area contributed by atoms with E-state index in [9.17, 15) is 5.11 Å². The summed E-state index contributed by atoms with van der Waals surface area (Å²) in [5.41, 5.74) is 5.46. The SMILES string of the molecule is CCCCCCCC(O)C(N)CO. The average Bonchev–Trinajstić information content (AvgIpc) is 2.16. The molecule has 0 bridgehead atoms. The van der Waals surface area contributed by atoms with Crippen molar-refractivity contribution < 1.29 is 10.2 Å². The quantitative estimate of drug-likeness (QED) is 0.500. The molecule has 0 aliphatic heterocycles. The summed E-state index contributed by atoms with van der Waals surface area (Å²) in [5.74, 6) is 0. The predicted octanol–water partition coefficient (Wildman–Crippen LogP) is 1.03. The van der Waals surface area contributed by atoms with Crippen molar-refractivity contribution in [2.75, 3.05) is 6.61 Å². The second-order valence-corrected chi connectivity index (χ2v) is 3.62. The zero-order valence-corrected chi connectivity index (χ0v) is 8.58. The summed E-state index contributed by atoms with van der Waals surface area (Å²) in [5, 5.41) is 18.1. The lowest BCUT2D eigenvalue weighted by atomic mass is 10.0. The van der Waals surface area contributed by atoms with Crippen LogP contribution >= 0.6 is 0 Å². The van der Waals surface area contributed by atoms with Gasteiger partial charge in [0.25, 0.3) is 0 Å². The minimum atomic E-state index is -0.536. The molecule has 0 saturated carbocycles. The van der Waals surface area contributed by atoms with Crippen LogP contribution < -0.4 is 5.73 Å². The van der Waals surface area contributed by atoms with Crippen LogP contribution in [0.25, 0.3) is 0 Å². The van der Waals surface area contributed by atoms with E-state index in [-0.39, 0.29) is 6.61 Å². The van der Waals surface area contributed by atoms with Crippen molar-refractivity contribution in [1.82, 2.24) is 0 Å². The standard InChI is InChI=1S/C10H23NO2/c1-2-3-4-5-6-7-10(13)9(11)8-12/h9-10,12-13H,2-8,11H2,1H3. The molecule has 0 aromatic heterocycles. The van der Waals surface area contributed by atoms with Gasteiger partial charge in [-0.05, 0) is 6.42 Å². The number of rotatable bonds is 8. The molecule has 80 valence electrons. The molecule has 0 heterocycles. The number of hydrogen-bond acceptors (Lipinski definition) is 3. The maximum atomic E-state index is 9.39. The van der Waals surface area contributed by atoms with Crippen molar-refractivity contribution in [2.45, 2.75) is 57.6 Å². The molecule has 0 spiro atoms. The normalized spacial score (nSPS) is 15.7. The van der Waals surface area contributed by atoms with Crippen LogP contribution in [0.5, 0.6) is 0 Å². The van der Waals surface area contributed by atoms with Crippen LogP contribution in [-0.2, 0) is 0 Å². The van der Waals surface area contributed by atoms with Gasteiger partial charge in [0.1, 0.15) is 0 Å². The van der Waals surface area contributed by atoms with Gasteiger partial charge in [-0.3, -0.25) is 0 Å². The van der Waals surface area contributed by atoms with Crippen molar-refractivity contribution in [2.24, 2.45) is 5.73 Å². The number of nitrogens with two attached hydrogens (primary N) is 1. The lowest BCUT2D eigenvalue weighted by Gasteiger charge is -2.15. The Labute approximate surface area is 81.0 Å². The zero-order chi connectivity index (χ0) is 10.1. The fourth-order valence-corrected chi connectivity index (χ4v) is 1.29. The van der Waals surface area contributed by atoms with Gasteiger partial charge in [-0.25, -0.2) is 0 Å². The first kappa shape index (κ1) is 12.9. The fraction of sp³-hybridized carbons (Fsp3) is 1.00. The van der Waals surface area contributed by atoms with Crippen molar-refractivity contribution in [3.8, 4) is 0 Å². The van der Waals surface area contributed by atoms with E-state index in [2.05, 4.69) is 6.92 Å². The number of aliphatic hydroxyl groups is 2. The summed E-state index contributed by atoms with van der Waals surface area (Å²) in [6.45, 7) is 2.05. The van der Waals surface area contributed by atoms with Gasteiger partial charge < -0.3 is 15.9 Å². The minimum Gasteiger partial charge on any atom is -0.395 e. The first-order chi connectivity index (χ1) is 6.22. The third-order valence-electron chi connectivity index (χ3n) is 2.31. The Morgan fingerprint density at radius 2 is 1.77 bits per heavy atom. The second-order valence-electron chi connectivity index (χ2n) is 3.62. The Kier molecular flexibility index (Phi) is 8.40. The van der Waals surface area contributed by atoms with Crippen LogP contribution in [0, 0.1) is 0 Å². The Balaban J connectivity index is 3.21. The largest absolute Gasteiger partial charge is 0.395 e. The molecule has 0 aromatic rings. The molecule has 4 N–H and O–H groups in total. The van der Waals surface area contributed by atoms with Gasteiger partial charge in [0, 0.05) is 0 Å². The molecule has 0 amide bonds. The van der Waals surface area contributed by atoms with Crippen LogP contribution in [-0.4, -0.2) is 29.0 Å². The number of unbranched alkanes of at least 4 members (excludes halogenated alkanes) is 4. The molecule has 0 radical (unpaired) electrons. The van der Waals surface area contributed by atoms with E-state index >= 15 is 0 Å². The lowest BCUT2D eigenvalue weighted by molar-refractivity contribution is 0.0990. The molecule has 0 aliphatic rings. The van der Waals surface area contributed by atoms with E-state index in [4.69, 9.17) is 10.8 Å². The highest BCUT2D eigenvalue weighted by Gasteiger charge is 2.12. The number of aliphatic hydroxyl groups excluding tert-OH is 2. The van der Waals surface area contributed by atoms with Crippen LogP contribution in [0.1, 0.15) is 45.4 Å². The second kappa shape index (κ2) is 8.48. The number of hydrogen-bond donors (Lipinski definition) is 3. The van der Waals surface area contributed by atoms with E-state index in [1.54, 1.807) is 0 Å². The summed E-state index contributed by atoms with van der Waals surface area (Å²) in [6, 6.07) is -0.467. The molecular formula is C10H23NO2. The van der Waals surface area contributed by atoms with Crippen molar-refractivity contribution in [3.63, 3.8) is 0 Å². The van der Waals surface area contributed by atoms with Crippen molar-refractivity contribution in [1.29, 1.82) is 0 Å². The molecule has 13 heavy (non-hydrogen) atoms. The molecule has 3 heteroatoms. The molecule has 3 nitrogen and oxygen atoms in total. The molecule has 0 aliphatic carbocycles. The maximum absolute atomic E-state index is 9.39. The minimum absolute atomic E-state index is 0.129. The van der Waals surface area contributed by atoms with Crippen molar-refractivity contribution in [3.05, 3.63) is 0 Å². The topological polar surface area (TPSA) is 66.5 Å². The highest BCUT2D eigenvalue weighted by Crippen LogP contribution is 2.08. The van der Waals surface area contributed by atoms with Gasteiger partial charge in [-0.2, -0.15) is 0 Å². The maximum Gasteiger partial charge on any atom is 0.0713 e. The van der Waals surface area contributed by atoms with Crippen LogP contribution in [0.15, 0.2) is 0 Å². The smallest absolute Gasteiger partial charge is 0.0713 e. The predicted molar refractivity (Wildman–Crippen MR) is 54.4 cm³/mol. The Morgan fingerprint density at radius 3 is 2.31 bits per heavy atom. The third kappa shape index (κ3) is 6.99. The van der Waals surface area contributed by atoms with Gasteiger partial charge in [0.05, 0.1) is 18.8 Å². The molecule has 2 unspecified atom stereocenters. The lowest BCUT2D eigenvalue weighted by Crippen LogP contribution is -2.37.